The van der Waals surface area contributed by atoms with E-state index in [2.05, 4.69) is 53.9 Å². The highest BCUT2D eigenvalue weighted by molar-refractivity contribution is 6.76. The van der Waals surface area contributed by atoms with E-state index in [-0.39, 0.29) is 18.0 Å². The fraction of sp³-hybridized carbons (Fsp3) is 0.545. The van der Waals surface area contributed by atoms with Crippen LogP contribution in [0.3, 0.4) is 0 Å². The van der Waals surface area contributed by atoms with Gasteiger partial charge in [-0.15, -0.1) is 0 Å². The van der Waals surface area contributed by atoms with E-state index in [1.165, 1.54) is 12.8 Å². The van der Waals surface area contributed by atoms with Gasteiger partial charge in [-0.1, -0.05) is 31.3 Å². The molecule has 2 aromatic heterocycles. The zero-order chi connectivity index (χ0) is 30.7. The summed E-state index contributed by atoms with van der Waals surface area (Å²) in [6, 6.07) is 9.25. The number of amides is 2. The molecule has 9 nitrogen and oxygen atoms in total. The van der Waals surface area contributed by atoms with Crippen LogP contribution in [0.1, 0.15) is 60.1 Å². The van der Waals surface area contributed by atoms with E-state index < -0.39 is 14.2 Å². The minimum Gasteiger partial charge on any atom is -0.493 e. The van der Waals surface area contributed by atoms with Crippen molar-refractivity contribution in [2.24, 2.45) is 5.92 Å². The Labute approximate surface area is 255 Å². The number of fused-ring (bicyclic) bond motifs is 1. The highest BCUT2D eigenvalue weighted by Crippen LogP contribution is 2.39. The standard InChI is InChI=1S/C33H46N4O5Si/c1-21-6-13-28(42-19-23-7-8-23)27(18-21)26-14-15-34-30-29(22(2)37(31(26)30)20-41-16-17-43(3,4)5)32(38)35-24-9-11-25(12-10-24)36-33(39)40/h6,13-15,18,23-25,36H,7-12,16-17,19-20H2,1-5H3,(H,35,38)(H,39,40). The summed E-state index contributed by atoms with van der Waals surface area (Å²) in [4.78, 5) is 29.7. The van der Waals surface area contributed by atoms with Gasteiger partial charge in [-0.25, -0.2) is 4.79 Å². The molecule has 10 heteroatoms. The molecule has 1 aromatic carbocycles. The van der Waals surface area contributed by atoms with Crippen LogP contribution in [0, 0.1) is 19.8 Å². The Morgan fingerprint density at radius 1 is 1.00 bits per heavy atom. The van der Waals surface area contributed by atoms with Gasteiger partial charge in [0.15, 0.2) is 0 Å². The lowest BCUT2D eigenvalue weighted by Crippen LogP contribution is -2.43. The van der Waals surface area contributed by atoms with Gasteiger partial charge >= 0.3 is 6.09 Å². The molecule has 0 bridgehead atoms. The Kier molecular flexibility index (Phi) is 9.46. The molecule has 2 saturated carbocycles. The number of carbonyl (C=O) groups is 2. The van der Waals surface area contributed by atoms with E-state index >= 15 is 0 Å². The van der Waals surface area contributed by atoms with Crippen LogP contribution < -0.4 is 15.4 Å². The van der Waals surface area contributed by atoms with Gasteiger partial charge in [0.2, 0.25) is 0 Å². The van der Waals surface area contributed by atoms with E-state index in [1.807, 2.05) is 19.1 Å². The van der Waals surface area contributed by atoms with E-state index in [0.29, 0.717) is 49.8 Å². The number of pyridine rings is 1. The Hall–Kier alpha value is -3.37. The van der Waals surface area contributed by atoms with Crippen molar-refractivity contribution in [3.8, 4) is 16.9 Å². The molecule has 0 aliphatic heterocycles. The summed E-state index contributed by atoms with van der Waals surface area (Å²) in [5.41, 5.74) is 5.98. The summed E-state index contributed by atoms with van der Waals surface area (Å²) in [5.74, 6) is 1.31. The average molecular weight is 607 g/mol. The third kappa shape index (κ3) is 7.78. The molecule has 0 spiro atoms. The second kappa shape index (κ2) is 13.1. The lowest BCUT2D eigenvalue weighted by atomic mass is 9.91. The number of hydrogen-bond acceptors (Lipinski definition) is 5. The zero-order valence-corrected chi connectivity index (χ0v) is 27.2. The number of carboxylic acid groups (broad SMARTS) is 1. The number of nitrogens with zero attached hydrogens (tertiary/aromatic N) is 2. The molecular formula is C33H46N4O5Si. The van der Waals surface area contributed by atoms with Gasteiger partial charge in [0, 0.05) is 49.8 Å². The van der Waals surface area contributed by atoms with Crippen LogP contribution in [-0.2, 0) is 11.5 Å². The van der Waals surface area contributed by atoms with Crippen LogP contribution in [0.4, 0.5) is 4.79 Å². The zero-order valence-electron chi connectivity index (χ0n) is 26.2. The van der Waals surface area contributed by atoms with Crippen LogP contribution in [0.25, 0.3) is 22.2 Å². The second-order valence-corrected chi connectivity index (χ2v) is 19.1. The lowest BCUT2D eigenvalue weighted by molar-refractivity contribution is 0.0878. The Morgan fingerprint density at radius 2 is 1.70 bits per heavy atom. The van der Waals surface area contributed by atoms with Crippen molar-refractivity contribution in [3.05, 3.63) is 47.3 Å². The summed E-state index contributed by atoms with van der Waals surface area (Å²) in [7, 11) is -1.27. The maximum absolute atomic E-state index is 13.9. The molecule has 2 aliphatic carbocycles. The fourth-order valence-corrected chi connectivity index (χ4v) is 6.61. The number of aryl methyl sites for hydroxylation is 1. The van der Waals surface area contributed by atoms with Crippen LogP contribution >= 0.6 is 0 Å². The van der Waals surface area contributed by atoms with E-state index in [9.17, 15) is 9.59 Å². The van der Waals surface area contributed by atoms with Crippen molar-refractivity contribution >= 4 is 31.1 Å². The maximum atomic E-state index is 13.9. The molecule has 3 aromatic rings. The van der Waals surface area contributed by atoms with Gasteiger partial charge in [0.25, 0.3) is 5.91 Å². The van der Waals surface area contributed by atoms with E-state index in [1.54, 1.807) is 6.20 Å². The van der Waals surface area contributed by atoms with Gasteiger partial charge in [-0.2, -0.15) is 0 Å². The number of benzene rings is 1. The summed E-state index contributed by atoms with van der Waals surface area (Å²) >= 11 is 0. The predicted octanol–water partition coefficient (Wildman–Crippen LogP) is 6.73. The van der Waals surface area contributed by atoms with Crippen molar-refractivity contribution < 1.29 is 24.2 Å². The lowest BCUT2D eigenvalue weighted by Gasteiger charge is -2.28. The molecule has 43 heavy (non-hydrogen) atoms. The van der Waals surface area contributed by atoms with Crippen LogP contribution in [0.2, 0.25) is 25.7 Å². The number of carbonyl (C=O) groups excluding carboxylic acids is 1. The number of rotatable bonds is 12. The average Bonchev–Trinajstić information content (AvgIpc) is 3.73. The van der Waals surface area contributed by atoms with Crippen molar-refractivity contribution in [2.75, 3.05) is 13.2 Å². The van der Waals surface area contributed by atoms with Gasteiger partial charge < -0.3 is 29.8 Å². The molecule has 5 rings (SSSR count). The first-order valence-corrected chi connectivity index (χ1v) is 19.3. The maximum Gasteiger partial charge on any atom is 0.404 e. The smallest absolute Gasteiger partial charge is 0.404 e. The van der Waals surface area contributed by atoms with Gasteiger partial charge in [0.05, 0.1) is 17.7 Å². The number of hydrogen-bond donors (Lipinski definition) is 3. The van der Waals surface area contributed by atoms with Crippen molar-refractivity contribution in [1.29, 1.82) is 0 Å². The van der Waals surface area contributed by atoms with Gasteiger partial charge in [-0.05, 0) is 82.5 Å². The van der Waals surface area contributed by atoms with Crippen molar-refractivity contribution in [1.82, 2.24) is 20.2 Å². The summed E-state index contributed by atoms with van der Waals surface area (Å²) in [6.45, 7) is 12.8. The molecular weight excluding hydrogens is 560 g/mol. The third-order valence-electron chi connectivity index (χ3n) is 8.63. The Balaban J connectivity index is 1.49. The first kappa shape index (κ1) is 31.1. The molecule has 0 unspecified atom stereocenters. The van der Waals surface area contributed by atoms with Crippen LogP contribution in [0.15, 0.2) is 30.5 Å². The Bertz CT molecular complexity index is 1470. The van der Waals surface area contributed by atoms with Crippen molar-refractivity contribution in [2.45, 2.75) is 96.9 Å². The fourth-order valence-electron chi connectivity index (χ4n) is 5.86. The number of aromatic nitrogens is 2. The number of ether oxygens (including phenoxy) is 2. The van der Waals surface area contributed by atoms with Crippen LogP contribution in [-0.4, -0.2) is 60.0 Å². The number of nitrogens with one attached hydrogen (secondary N) is 2. The quantitative estimate of drug-likeness (QED) is 0.156. The van der Waals surface area contributed by atoms with E-state index in [4.69, 9.17) is 19.6 Å². The minimum atomic E-state index is -1.27. The largest absolute Gasteiger partial charge is 0.493 e. The monoisotopic (exact) mass is 606 g/mol. The minimum absolute atomic E-state index is 0.0208. The highest BCUT2D eigenvalue weighted by atomic mass is 28.3. The molecule has 2 heterocycles. The first-order valence-electron chi connectivity index (χ1n) is 15.6. The predicted molar refractivity (Wildman–Crippen MR) is 172 cm³/mol. The molecule has 0 atom stereocenters. The second-order valence-electron chi connectivity index (χ2n) is 13.5. The van der Waals surface area contributed by atoms with Crippen LogP contribution in [0.5, 0.6) is 5.75 Å². The summed E-state index contributed by atoms with van der Waals surface area (Å²) in [5, 5.41) is 14.9. The summed E-state index contributed by atoms with van der Waals surface area (Å²) in [6.07, 6.45) is 6.04. The molecule has 0 radical (unpaired) electrons. The molecule has 2 amide bonds. The highest BCUT2D eigenvalue weighted by Gasteiger charge is 2.29. The van der Waals surface area contributed by atoms with Gasteiger partial charge in [0.1, 0.15) is 18.0 Å². The SMILES string of the molecule is Cc1ccc(OCC2CC2)c(-c2ccnc3c(C(=O)NC4CCC(NC(=O)O)CC4)c(C)n(COCC[Si](C)(C)C)c23)c1. The molecule has 2 fully saturated rings. The first-order chi connectivity index (χ1) is 20.5. The molecule has 232 valence electrons. The Morgan fingerprint density at radius 3 is 2.35 bits per heavy atom. The normalized spacial score (nSPS) is 18.9. The molecule has 0 saturated heterocycles. The summed E-state index contributed by atoms with van der Waals surface area (Å²) < 4.78 is 14.7. The topological polar surface area (TPSA) is 115 Å². The molecule has 2 aliphatic rings. The van der Waals surface area contributed by atoms with E-state index in [0.717, 1.165) is 52.5 Å². The van der Waals surface area contributed by atoms with Gasteiger partial charge in [-0.3, -0.25) is 9.78 Å². The third-order valence-corrected chi connectivity index (χ3v) is 10.3. The van der Waals surface area contributed by atoms with Crippen molar-refractivity contribution in [3.63, 3.8) is 0 Å². The molecule has 3 N–H and O–H groups in total.